The summed E-state index contributed by atoms with van der Waals surface area (Å²) in [7, 11) is 0. The molecule has 3 rings (SSSR count). The summed E-state index contributed by atoms with van der Waals surface area (Å²) in [5.41, 5.74) is 2.69. The molecule has 3 aromatic rings. The average Bonchev–Trinajstić information content (AvgIpc) is 3.07. The smallest absolute Gasteiger partial charge is 0.439 e. The molecule has 0 spiro atoms. The molecule has 0 aliphatic rings. The van der Waals surface area contributed by atoms with Crippen LogP contribution < -0.4 is 10.5 Å². The number of pyridine rings is 1. The fourth-order valence-corrected chi connectivity index (χ4v) is 2.90. The predicted octanol–water partition coefficient (Wildman–Crippen LogP) is 2.44. The lowest BCUT2D eigenvalue weighted by Gasteiger charge is -2.15. The molecule has 2 heterocycles. The van der Waals surface area contributed by atoms with Crippen LogP contribution in [0.15, 0.2) is 27.5 Å². The standard InChI is InChI=1S/C19H20FN3O5/c1-9-6-15(27-8-16-22-19(26)28-23-16)17(20)10(2)13(9)7-12-4-5-14(25)18(21-12)11(3)24/h4-6,11,24-25H,7-8H2,1-3H3,(H,22,23,26). The van der Waals surface area contributed by atoms with Crippen molar-refractivity contribution in [1.82, 2.24) is 15.1 Å². The van der Waals surface area contributed by atoms with Gasteiger partial charge in [-0.15, -0.1) is 0 Å². The van der Waals surface area contributed by atoms with Gasteiger partial charge >= 0.3 is 5.76 Å². The number of halogens is 1. The molecule has 1 atom stereocenters. The molecule has 0 aliphatic carbocycles. The maximum atomic E-state index is 14.8. The van der Waals surface area contributed by atoms with E-state index in [2.05, 4.69) is 19.6 Å². The lowest BCUT2D eigenvalue weighted by Crippen LogP contribution is -2.07. The van der Waals surface area contributed by atoms with Crippen LogP contribution in [0.5, 0.6) is 11.5 Å². The number of hydrogen-bond donors (Lipinski definition) is 3. The van der Waals surface area contributed by atoms with Crippen molar-refractivity contribution in [3.63, 3.8) is 0 Å². The number of nitrogens with zero attached hydrogens (tertiary/aromatic N) is 2. The number of nitrogens with one attached hydrogen (secondary N) is 1. The van der Waals surface area contributed by atoms with Crippen molar-refractivity contribution < 1.29 is 23.9 Å². The Labute approximate surface area is 159 Å². The Kier molecular flexibility index (Phi) is 5.46. The summed E-state index contributed by atoms with van der Waals surface area (Å²) in [5, 5.41) is 23.0. The number of benzene rings is 1. The fourth-order valence-electron chi connectivity index (χ4n) is 2.90. The van der Waals surface area contributed by atoms with Crippen LogP contribution in [0.2, 0.25) is 0 Å². The number of aliphatic hydroxyl groups is 1. The molecule has 9 heteroatoms. The minimum absolute atomic E-state index is 0.0333. The van der Waals surface area contributed by atoms with Crippen molar-refractivity contribution in [1.29, 1.82) is 0 Å². The van der Waals surface area contributed by atoms with Crippen molar-refractivity contribution in [2.45, 2.75) is 39.9 Å². The van der Waals surface area contributed by atoms with Crippen molar-refractivity contribution >= 4 is 0 Å². The zero-order valence-electron chi connectivity index (χ0n) is 15.6. The number of ether oxygens (including phenoxy) is 1. The third kappa shape index (κ3) is 4.04. The molecular formula is C19H20FN3O5. The fraction of sp³-hybridized carbons (Fsp3) is 0.316. The molecule has 0 radical (unpaired) electrons. The highest BCUT2D eigenvalue weighted by Gasteiger charge is 2.17. The van der Waals surface area contributed by atoms with Crippen LogP contribution in [0, 0.1) is 19.7 Å². The van der Waals surface area contributed by atoms with Crippen molar-refractivity contribution in [2.24, 2.45) is 0 Å². The van der Waals surface area contributed by atoms with Gasteiger partial charge in [-0.3, -0.25) is 14.5 Å². The van der Waals surface area contributed by atoms with E-state index in [-0.39, 0.29) is 29.6 Å². The highest BCUT2D eigenvalue weighted by atomic mass is 19.1. The molecule has 0 amide bonds. The van der Waals surface area contributed by atoms with E-state index in [9.17, 15) is 19.4 Å². The number of aromatic nitrogens is 3. The van der Waals surface area contributed by atoms with Crippen LogP contribution >= 0.6 is 0 Å². The first-order valence-corrected chi connectivity index (χ1v) is 8.59. The van der Waals surface area contributed by atoms with E-state index in [1.54, 1.807) is 19.1 Å². The summed E-state index contributed by atoms with van der Waals surface area (Å²) in [6.07, 6.45) is -0.594. The van der Waals surface area contributed by atoms with Gasteiger partial charge in [0.2, 0.25) is 0 Å². The summed E-state index contributed by atoms with van der Waals surface area (Å²) in [5.74, 6) is -1.14. The second-order valence-electron chi connectivity index (χ2n) is 6.50. The van der Waals surface area contributed by atoms with Gasteiger partial charge in [0.1, 0.15) is 18.1 Å². The number of aromatic hydroxyl groups is 1. The molecule has 0 fully saturated rings. The summed E-state index contributed by atoms with van der Waals surface area (Å²) in [6, 6.07) is 4.65. The Morgan fingerprint density at radius 3 is 2.75 bits per heavy atom. The minimum Gasteiger partial charge on any atom is -0.506 e. The van der Waals surface area contributed by atoms with Gasteiger partial charge in [0, 0.05) is 12.1 Å². The highest BCUT2D eigenvalue weighted by Crippen LogP contribution is 2.30. The molecule has 1 aromatic carbocycles. The van der Waals surface area contributed by atoms with Crippen LogP contribution in [0.3, 0.4) is 0 Å². The van der Waals surface area contributed by atoms with Crippen LogP contribution in [0.1, 0.15) is 46.9 Å². The first-order chi connectivity index (χ1) is 13.3. The summed E-state index contributed by atoms with van der Waals surface area (Å²) in [6.45, 7) is 4.83. The highest BCUT2D eigenvalue weighted by molar-refractivity contribution is 5.45. The monoisotopic (exact) mass is 389 g/mol. The Morgan fingerprint density at radius 1 is 1.36 bits per heavy atom. The molecular weight excluding hydrogens is 369 g/mol. The van der Waals surface area contributed by atoms with E-state index in [0.717, 1.165) is 11.1 Å². The number of aromatic amines is 1. The van der Waals surface area contributed by atoms with Crippen molar-refractivity contribution in [3.05, 3.63) is 68.5 Å². The number of aryl methyl sites for hydroxylation is 1. The SMILES string of the molecule is Cc1cc(OCc2noc(=O)[nH]2)c(F)c(C)c1Cc1ccc(O)c(C(C)O)n1. The zero-order valence-corrected chi connectivity index (χ0v) is 15.6. The lowest BCUT2D eigenvalue weighted by atomic mass is 9.97. The second-order valence-corrected chi connectivity index (χ2v) is 6.50. The first kappa shape index (κ1) is 19.6. The summed E-state index contributed by atoms with van der Waals surface area (Å²) < 4.78 is 24.6. The predicted molar refractivity (Wildman–Crippen MR) is 96.7 cm³/mol. The average molecular weight is 389 g/mol. The maximum absolute atomic E-state index is 14.8. The van der Waals surface area contributed by atoms with E-state index in [0.29, 0.717) is 17.7 Å². The molecule has 0 bridgehead atoms. The minimum atomic E-state index is -0.919. The van der Waals surface area contributed by atoms with Crippen molar-refractivity contribution in [2.75, 3.05) is 0 Å². The molecule has 1 unspecified atom stereocenters. The van der Waals surface area contributed by atoms with E-state index >= 15 is 0 Å². The number of H-pyrrole nitrogens is 1. The van der Waals surface area contributed by atoms with Gasteiger partial charge in [-0.05, 0) is 55.7 Å². The van der Waals surface area contributed by atoms with Crippen LogP contribution in [0.4, 0.5) is 4.39 Å². The normalized spacial score (nSPS) is 12.2. The Morgan fingerprint density at radius 2 is 2.11 bits per heavy atom. The molecule has 0 saturated carbocycles. The molecule has 8 nitrogen and oxygen atoms in total. The number of aliphatic hydroxyl groups excluding tert-OH is 1. The van der Waals surface area contributed by atoms with Gasteiger partial charge in [-0.1, -0.05) is 5.16 Å². The zero-order chi connectivity index (χ0) is 20.4. The topological polar surface area (TPSA) is 121 Å². The maximum Gasteiger partial charge on any atom is 0.439 e. The van der Waals surface area contributed by atoms with Gasteiger partial charge in [-0.2, -0.15) is 0 Å². The van der Waals surface area contributed by atoms with Crippen LogP contribution in [0.25, 0.3) is 0 Å². The van der Waals surface area contributed by atoms with Gasteiger partial charge in [0.05, 0.1) is 6.10 Å². The van der Waals surface area contributed by atoms with Gasteiger partial charge in [-0.25, -0.2) is 9.18 Å². The molecule has 2 aromatic heterocycles. The summed E-state index contributed by atoms with van der Waals surface area (Å²) >= 11 is 0. The molecule has 148 valence electrons. The number of rotatable bonds is 6. The number of hydrogen-bond acceptors (Lipinski definition) is 7. The van der Waals surface area contributed by atoms with E-state index in [4.69, 9.17) is 4.74 Å². The Bertz CT molecular complexity index is 1060. The lowest BCUT2D eigenvalue weighted by molar-refractivity contribution is 0.189. The molecule has 3 N–H and O–H groups in total. The Hall–Kier alpha value is -3.20. The van der Waals surface area contributed by atoms with E-state index in [1.165, 1.54) is 13.0 Å². The Balaban J connectivity index is 1.86. The summed E-state index contributed by atoms with van der Waals surface area (Å²) in [4.78, 5) is 17.5. The largest absolute Gasteiger partial charge is 0.506 e. The molecule has 28 heavy (non-hydrogen) atoms. The van der Waals surface area contributed by atoms with Crippen LogP contribution in [-0.4, -0.2) is 25.3 Å². The van der Waals surface area contributed by atoms with Gasteiger partial charge in [0.25, 0.3) is 0 Å². The van der Waals surface area contributed by atoms with Crippen molar-refractivity contribution in [3.8, 4) is 11.5 Å². The first-order valence-electron chi connectivity index (χ1n) is 8.59. The molecule has 0 saturated heterocycles. The quantitative estimate of drug-likeness (QED) is 0.592. The van der Waals surface area contributed by atoms with Crippen LogP contribution in [-0.2, 0) is 13.0 Å². The van der Waals surface area contributed by atoms with Gasteiger partial charge in [0.15, 0.2) is 17.4 Å². The van der Waals surface area contributed by atoms with E-state index in [1.807, 2.05) is 6.92 Å². The third-order valence-corrected chi connectivity index (χ3v) is 4.39. The van der Waals surface area contributed by atoms with E-state index < -0.39 is 17.7 Å². The van der Waals surface area contributed by atoms with Gasteiger partial charge < -0.3 is 14.9 Å². The second kappa shape index (κ2) is 7.81. The third-order valence-electron chi connectivity index (χ3n) is 4.39. The molecule has 0 aliphatic heterocycles.